The fraction of sp³-hybridized carbons (Fsp3) is 0.588. The molecule has 0 radical (unpaired) electrons. The van der Waals surface area contributed by atoms with E-state index in [0.29, 0.717) is 6.54 Å². The second kappa shape index (κ2) is 12.3. The molecule has 0 spiro atoms. The van der Waals surface area contributed by atoms with E-state index >= 15 is 0 Å². The van der Waals surface area contributed by atoms with Crippen LogP contribution in [0.5, 0.6) is 11.5 Å². The van der Waals surface area contributed by atoms with Gasteiger partial charge in [0.2, 0.25) is 0 Å². The lowest BCUT2D eigenvalue weighted by Crippen LogP contribution is -2.39. The molecule has 0 aliphatic rings. The Morgan fingerprint density at radius 1 is 1.22 bits per heavy atom. The van der Waals surface area contributed by atoms with Crippen molar-refractivity contribution in [2.24, 2.45) is 4.99 Å². The van der Waals surface area contributed by atoms with Crippen LogP contribution < -0.4 is 14.8 Å². The molecule has 5 nitrogen and oxygen atoms in total. The Morgan fingerprint density at radius 3 is 2.52 bits per heavy atom. The van der Waals surface area contributed by atoms with E-state index in [9.17, 15) is 0 Å². The summed E-state index contributed by atoms with van der Waals surface area (Å²) < 4.78 is 10.6. The second-order valence-electron chi connectivity index (χ2n) is 5.12. The molecule has 1 aromatic rings. The van der Waals surface area contributed by atoms with Crippen LogP contribution in [-0.4, -0.2) is 45.2 Å². The van der Waals surface area contributed by atoms with Gasteiger partial charge in [0.15, 0.2) is 5.96 Å². The minimum absolute atomic E-state index is 0. The van der Waals surface area contributed by atoms with Gasteiger partial charge in [0, 0.05) is 31.8 Å². The summed E-state index contributed by atoms with van der Waals surface area (Å²) in [5.41, 5.74) is 1.04. The van der Waals surface area contributed by atoms with Crippen molar-refractivity contribution in [3.63, 3.8) is 0 Å². The zero-order valence-corrected chi connectivity index (χ0v) is 17.2. The molecule has 0 saturated heterocycles. The van der Waals surface area contributed by atoms with E-state index in [4.69, 9.17) is 14.5 Å². The summed E-state index contributed by atoms with van der Waals surface area (Å²) in [4.78, 5) is 6.88. The van der Waals surface area contributed by atoms with Crippen molar-refractivity contribution in [1.29, 1.82) is 0 Å². The number of ether oxygens (including phenoxy) is 2. The fourth-order valence-electron chi connectivity index (χ4n) is 2.11. The predicted molar refractivity (Wildman–Crippen MR) is 107 cm³/mol. The van der Waals surface area contributed by atoms with Gasteiger partial charge >= 0.3 is 0 Å². The Balaban J connectivity index is 0.00000484. The first-order valence-corrected chi connectivity index (χ1v) is 7.86. The minimum atomic E-state index is 0. The number of nitrogens with zero attached hydrogens (tertiary/aromatic N) is 2. The highest BCUT2D eigenvalue weighted by Crippen LogP contribution is 2.25. The summed E-state index contributed by atoms with van der Waals surface area (Å²) in [7, 11) is 5.39. The topological polar surface area (TPSA) is 46.1 Å². The largest absolute Gasteiger partial charge is 0.497 e. The summed E-state index contributed by atoms with van der Waals surface area (Å²) in [6, 6.07) is 5.82. The smallest absolute Gasteiger partial charge is 0.193 e. The molecule has 23 heavy (non-hydrogen) atoms. The molecule has 0 fully saturated rings. The molecule has 0 saturated carbocycles. The van der Waals surface area contributed by atoms with Crippen molar-refractivity contribution in [3.8, 4) is 11.5 Å². The van der Waals surface area contributed by atoms with Gasteiger partial charge in [-0.25, -0.2) is 4.99 Å². The molecular formula is C17H30IN3O2. The first-order chi connectivity index (χ1) is 10.7. The molecule has 1 rings (SSSR count). The highest BCUT2D eigenvalue weighted by atomic mass is 127. The van der Waals surface area contributed by atoms with Gasteiger partial charge in [0.1, 0.15) is 11.5 Å². The number of halogens is 1. The van der Waals surface area contributed by atoms with Crippen LogP contribution >= 0.6 is 24.0 Å². The summed E-state index contributed by atoms with van der Waals surface area (Å²) in [6.45, 7) is 6.71. The molecule has 1 N–H and O–H groups in total. The molecule has 6 heteroatoms. The van der Waals surface area contributed by atoms with E-state index < -0.39 is 0 Å². The first-order valence-electron chi connectivity index (χ1n) is 7.86. The van der Waals surface area contributed by atoms with Crippen LogP contribution in [-0.2, 0) is 6.54 Å². The quantitative estimate of drug-likeness (QED) is 0.386. The van der Waals surface area contributed by atoms with Crippen LogP contribution in [0.1, 0.15) is 32.3 Å². The maximum Gasteiger partial charge on any atom is 0.193 e. The van der Waals surface area contributed by atoms with Crippen LogP contribution in [0.4, 0.5) is 0 Å². The number of benzene rings is 1. The lowest BCUT2D eigenvalue weighted by atomic mass is 10.2. The molecule has 0 aromatic heterocycles. The molecule has 0 unspecified atom stereocenters. The molecule has 0 bridgehead atoms. The lowest BCUT2D eigenvalue weighted by molar-refractivity contribution is 0.391. The Bertz CT molecular complexity index is 481. The van der Waals surface area contributed by atoms with Crippen molar-refractivity contribution < 1.29 is 9.47 Å². The van der Waals surface area contributed by atoms with Gasteiger partial charge in [-0.2, -0.15) is 0 Å². The summed E-state index contributed by atoms with van der Waals surface area (Å²) in [5.74, 6) is 2.51. The third-order valence-electron chi connectivity index (χ3n) is 3.44. The van der Waals surface area contributed by atoms with E-state index in [1.54, 1.807) is 14.2 Å². The third kappa shape index (κ3) is 7.28. The summed E-state index contributed by atoms with van der Waals surface area (Å²) in [6.07, 6.45) is 2.34. The van der Waals surface area contributed by atoms with Crippen LogP contribution in [0.3, 0.4) is 0 Å². The normalized spacial score (nSPS) is 10.7. The van der Waals surface area contributed by atoms with Gasteiger partial charge in [-0.3, -0.25) is 0 Å². The number of hydrogen-bond acceptors (Lipinski definition) is 3. The third-order valence-corrected chi connectivity index (χ3v) is 3.44. The van der Waals surface area contributed by atoms with Crippen molar-refractivity contribution in [2.45, 2.75) is 33.2 Å². The van der Waals surface area contributed by atoms with Crippen LogP contribution in [0, 0.1) is 0 Å². The van der Waals surface area contributed by atoms with Gasteiger partial charge in [-0.05, 0) is 25.5 Å². The number of guanidine groups is 1. The highest BCUT2D eigenvalue weighted by Gasteiger charge is 2.07. The van der Waals surface area contributed by atoms with Crippen molar-refractivity contribution in [1.82, 2.24) is 10.2 Å². The van der Waals surface area contributed by atoms with E-state index in [1.165, 1.54) is 6.42 Å². The molecule has 0 aliphatic heterocycles. The SMILES string of the molecule is CCCCN(C)C(=NCc1ccc(OC)cc1OC)NCC.I. The number of methoxy groups -OCH3 is 2. The van der Waals surface area contributed by atoms with E-state index in [1.807, 2.05) is 18.2 Å². The molecule has 0 heterocycles. The minimum Gasteiger partial charge on any atom is -0.497 e. The molecular weight excluding hydrogens is 405 g/mol. The van der Waals surface area contributed by atoms with Crippen LogP contribution in [0.2, 0.25) is 0 Å². The average Bonchev–Trinajstić information content (AvgIpc) is 2.56. The molecule has 0 atom stereocenters. The summed E-state index contributed by atoms with van der Waals surface area (Å²) >= 11 is 0. The first kappa shape index (κ1) is 21.8. The van der Waals surface area contributed by atoms with Crippen LogP contribution in [0.25, 0.3) is 0 Å². The molecule has 132 valence electrons. The fourth-order valence-corrected chi connectivity index (χ4v) is 2.11. The van der Waals surface area contributed by atoms with E-state index in [0.717, 1.165) is 42.5 Å². The lowest BCUT2D eigenvalue weighted by Gasteiger charge is -2.22. The average molecular weight is 435 g/mol. The van der Waals surface area contributed by atoms with Gasteiger partial charge in [-0.1, -0.05) is 13.3 Å². The number of rotatable bonds is 8. The Kier molecular flexibility index (Phi) is 11.6. The number of unbranched alkanes of at least 4 members (excludes halogenated alkanes) is 1. The van der Waals surface area contributed by atoms with Crippen LogP contribution in [0.15, 0.2) is 23.2 Å². The number of hydrogen-bond donors (Lipinski definition) is 1. The Morgan fingerprint density at radius 2 is 1.96 bits per heavy atom. The molecule has 0 aliphatic carbocycles. The monoisotopic (exact) mass is 435 g/mol. The number of nitrogens with one attached hydrogen (secondary N) is 1. The molecule has 1 aromatic carbocycles. The van der Waals surface area contributed by atoms with Gasteiger partial charge in [-0.15, -0.1) is 24.0 Å². The standard InChI is InChI=1S/C17H29N3O2.HI/c1-6-8-11-20(3)17(18-7-2)19-13-14-9-10-15(21-4)12-16(14)22-5;/h9-10,12H,6-8,11,13H2,1-5H3,(H,18,19);1H. The zero-order valence-electron chi connectivity index (χ0n) is 14.9. The second-order valence-corrected chi connectivity index (χ2v) is 5.12. The van der Waals surface area contributed by atoms with Crippen molar-refractivity contribution >= 4 is 29.9 Å². The van der Waals surface area contributed by atoms with E-state index in [-0.39, 0.29) is 24.0 Å². The van der Waals surface area contributed by atoms with Crippen molar-refractivity contribution in [3.05, 3.63) is 23.8 Å². The van der Waals surface area contributed by atoms with Gasteiger partial charge < -0.3 is 19.7 Å². The van der Waals surface area contributed by atoms with Gasteiger partial charge in [0.25, 0.3) is 0 Å². The maximum atomic E-state index is 5.42. The maximum absolute atomic E-state index is 5.42. The van der Waals surface area contributed by atoms with Gasteiger partial charge in [0.05, 0.1) is 20.8 Å². The predicted octanol–water partition coefficient (Wildman–Crippen LogP) is 3.52. The highest BCUT2D eigenvalue weighted by molar-refractivity contribution is 14.0. The van der Waals surface area contributed by atoms with E-state index in [2.05, 4.69) is 31.1 Å². The van der Waals surface area contributed by atoms with Crippen molar-refractivity contribution in [2.75, 3.05) is 34.4 Å². The molecule has 0 amide bonds. The zero-order chi connectivity index (χ0) is 16.4. The summed E-state index contributed by atoms with van der Waals surface area (Å²) in [5, 5.41) is 3.33. The number of aliphatic imine (C=N–C) groups is 1. The Hall–Kier alpha value is -1.18. The Labute approximate surface area is 157 Å².